The Labute approximate surface area is 227 Å². The number of carbonyl (C=O) groups is 1. The molecular formula is C31H62N2O2Si. The molecule has 36 heavy (non-hydrogen) atoms. The van der Waals surface area contributed by atoms with Crippen molar-refractivity contribution in [2.24, 2.45) is 0 Å². The molecule has 0 atom stereocenters. The molecule has 0 N–H and O–H groups in total. The van der Waals surface area contributed by atoms with E-state index in [4.69, 9.17) is 4.43 Å². The van der Waals surface area contributed by atoms with E-state index in [9.17, 15) is 4.79 Å². The number of allylic oxidation sites excluding steroid dienone is 4. The van der Waals surface area contributed by atoms with Crippen LogP contribution >= 0.6 is 0 Å². The fourth-order valence-electron chi connectivity index (χ4n) is 3.81. The van der Waals surface area contributed by atoms with Crippen molar-refractivity contribution in [2.45, 2.75) is 129 Å². The van der Waals surface area contributed by atoms with Gasteiger partial charge in [-0.3, -0.25) is 4.79 Å². The Bertz CT molecular complexity index is 594. The van der Waals surface area contributed by atoms with Gasteiger partial charge >= 0.3 is 0 Å². The van der Waals surface area contributed by atoms with Crippen molar-refractivity contribution in [3.63, 3.8) is 0 Å². The smallest absolute Gasteiger partial charge is 0.222 e. The van der Waals surface area contributed by atoms with Crippen LogP contribution in [0.2, 0.25) is 18.1 Å². The topological polar surface area (TPSA) is 32.8 Å². The predicted molar refractivity (Wildman–Crippen MR) is 162 cm³/mol. The Morgan fingerprint density at radius 3 is 1.94 bits per heavy atom. The van der Waals surface area contributed by atoms with Crippen LogP contribution < -0.4 is 0 Å². The van der Waals surface area contributed by atoms with Crippen molar-refractivity contribution in [1.82, 2.24) is 9.80 Å². The zero-order chi connectivity index (χ0) is 27.3. The molecule has 0 aromatic heterocycles. The Hall–Kier alpha value is -0.913. The molecule has 5 heteroatoms. The summed E-state index contributed by atoms with van der Waals surface area (Å²) < 4.78 is 6.36. The summed E-state index contributed by atoms with van der Waals surface area (Å²) in [6.45, 7) is 16.8. The van der Waals surface area contributed by atoms with Gasteiger partial charge in [0.1, 0.15) is 0 Å². The minimum absolute atomic E-state index is 0.202. The maximum absolute atomic E-state index is 13.0. The molecule has 0 heterocycles. The molecule has 0 saturated carbocycles. The largest absolute Gasteiger partial charge is 0.415 e. The van der Waals surface area contributed by atoms with Gasteiger partial charge in [0.15, 0.2) is 8.32 Å². The van der Waals surface area contributed by atoms with Crippen molar-refractivity contribution >= 4 is 14.2 Å². The van der Waals surface area contributed by atoms with Gasteiger partial charge in [-0.15, -0.1) is 0 Å². The predicted octanol–water partition coefficient (Wildman–Crippen LogP) is 8.60. The third-order valence-electron chi connectivity index (χ3n) is 7.36. The lowest BCUT2D eigenvalue weighted by molar-refractivity contribution is -0.131. The van der Waals surface area contributed by atoms with Gasteiger partial charge < -0.3 is 14.2 Å². The third-order valence-corrected chi connectivity index (χ3v) is 11.9. The second kappa shape index (κ2) is 21.1. The van der Waals surface area contributed by atoms with Gasteiger partial charge in [-0.25, -0.2) is 0 Å². The molecule has 0 aromatic carbocycles. The maximum atomic E-state index is 13.0. The van der Waals surface area contributed by atoms with Crippen LogP contribution in [0.25, 0.3) is 0 Å². The first-order chi connectivity index (χ1) is 17.0. The summed E-state index contributed by atoms with van der Waals surface area (Å²) in [6, 6.07) is 0. The van der Waals surface area contributed by atoms with Crippen molar-refractivity contribution in [2.75, 3.05) is 40.3 Å². The van der Waals surface area contributed by atoms with Crippen molar-refractivity contribution in [3.8, 4) is 0 Å². The van der Waals surface area contributed by atoms with E-state index in [1.165, 1.54) is 51.4 Å². The number of nitrogens with zero attached hydrogens (tertiary/aromatic N) is 2. The van der Waals surface area contributed by atoms with Crippen molar-refractivity contribution in [3.05, 3.63) is 24.3 Å². The molecular weight excluding hydrogens is 460 g/mol. The molecule has 0 aliphatic heterocycles. The van der Waals surface area contributed by atoms with E-state index in [2.05, 4.69) is 89.0 Å². The molecule has 0 saturated heterocycles. The summed E-state index contributed by atoms with van der Waals surface area (Å²) in [7, 11) is 2.41. The first-order valence-corrected chi connectivity index (χ1v) is 17.8. The highest BCUT2D eigenvalue weighted by atomic mass is 28.4. The quantitative estimate of drug-likeness (QED) is 0.0810. The number of unbranched alkanes of at least 4 members (excludes halogenated alkanes) is 8. The highest BCUT2D eigenvalue weighted by Crippen LogP contribution is 2.36. The van der Waals surface area contributed by atoms with E-state index in [1.807, 2.05) is 0 Å². The Morgan fingerprint density at radius 1 is 0.778 bits per heavy atom. The normalized spacial score (nSPS) is 12.9. The molecule has 0 fully saturated rings. The molecule has 0 bridgehead atoms. The summed E-state index contributed by atoms with van der Waals surface area (Å²) in [6.07, 6.45) is 24.3. The van der Waals surface area contributed by atoms with Gasteiger partial charge in [0.2, 0.25) is 5.91 Å². The fraction of sp³-hybridized carbons (Fsp3) is 0.839. The molecule has 0 aliphatic rings. The van der Waals surface area contributed by atoms with Crippen molar-refractivity contribution < 1.29 is 9.22 Å². The van der Waals surface area contributed by atoms with E-state index < -0.39 is 8.32 Å². The van der Waals surface area contributed by atoms with Crippen LogP contribution in [0.5, 0.6) is 0 Å². The second-order valence-corrected chi connectivity index (χ2v) is 16.9. The van der Waals surface area contributed by atoms with Gasteiger partial charge in [0, 0.05) is 19.5 Å². The van der Waals surface area contributed by atoms with Crippen LogP contribution in [0, 0.1) is 0 Å². The maximum Gasteiger partial charge on any atom is 0.222 e. The average Bonchev–Trinajstić information content (AvgIpc) is 2.79. The minimum atomic E-state index is -1.77. The van der Waals surface area contributed by atoms with E-state index in [1.54, 1.807) is 0 Å². The Kier molecular flexibility index (Phi) is 20.5. The highest BCUT2D eigenvalue weighted by Gasteiger charge is 2.37. The third kappa shape index (κ3) is 19.2. The monoisotopic (exact) mass is 522 g/mol. The van der Waals surface area contributed by atoms with Crippen LogP contribution in [0.3, 0.4) is 0 Å². The fourth-order valence-corrected chi connectivity index (χ4v) is 4.85. The molecule has 1 amide bonds. The lowest BCUT2D eigenvalue weighted by Gasteiger charge is -2.37. The molecule has 0 radical (unpaired) electrons. The van der Waals surface area contributed by atoms with Crippen LogP contribution in [-0.4, -0.2) is 64.4 Å². The van der Waals surface area contributed by atoms with Gasteiger partial charge in [-0.2, -0.15) is 0 Å². The molecule has 0 unspecified atom stereocenters. The van der Waals surface area contributed by atoms with Gasteiger partial charge in [-0.05, 0) is 83.7 Å². The summed E-state index contributed by atoms with van der Waals surface area (Å²) >= 11 is 0. The zero-order valence-electron chi connectivity index (χ0n) is 25.5. The standard InChI is InChI=1S/C31H62N2O2Si/c1-9-10-11-12-13-14-15-16-17-18-19-20-21-22-23-25-30(34)33(27-24-26-32(5)6)28-29-35-36(7,8)31(2,3)4/h13-14,16-17H,9-12,15,18-29H2,1-8H3/b14-13-,17-16-. The lowest BCUT2D eigenvalue weighted by Crippen LogP contribution is -2.44. The van der Waals surface area contributed by atoms with E-state index in [-0.39, 0.29) is 5.04 Å². The first kappa shape index (κ1) is 35.1. The van der Waals surface area contributed by atoms with Crippen LogP contribution in [-0.2, 0) is 9.22 Å². The average molecular weight is 523 g/mol. The highest BCUT2D eigenvalue weighted by molar-refractivity contribution is 6.74. The number of hydrogen-bond acceptors (Lipinski definition) is 3. The lowest BCUT2D eigenvalue weighted by atomic mass is 10.1. The van der Waals surface area contributed by atoms with Gasteiger partial charge in [-0.1, -0.05) is 84.1 Å². The van der Waals surface area contributed by atoms with Crippen LogP contribution in [0.4, 0.5) is 0 Å². The van der Waals surface area contributed by atoms with E-state index in [0.29, 0.717) is 18.9 Å². The minimum Gasteiger partial charge on any atom is -0.415 e. The van der Waals surface area contributed by atoms with Crippen molar-refractivity contribution in [1.29, 1.82) is 0 Å². The molecule has 0 spiro atoms. The SMILES string of the molecule is CCCCC/C=C\C/C=C\CCCCCCCC(=O)N(CCCN(C)C)CCO[Si](C)(C)C(C)(C)C. The van der Waals surface area contributed by atoms with Crippen LogP contribution in [0.1, 0.15) is 111 Å². The molecule has 0 aromatic rings. The van der Waals surface area contributed by atoms with Gasteiger partial charge in [0.05, 0.1) is 6.61 Å². The first-order valence-electron chi connectivity index (χ1n) is 14.9. The van der Waals surface area contributed by atoms with E-state index in [0.717, 1.165) is 45.3 Å². The zero-order valence-corrected chi connectivity index (χ0v) is 26.5. The Balaban J connectivity index is 4.13. The Morgan fingerprint density at radius 2 is 1.36 bits per heavy atom. The molecule has 0 rings (SSSR count). The number of amides is 1. The summed E-state index contributed by atoms with van der Waals surface area (Å²) in [4.78, 5) is 17.2. The molecule has 0 aliphatic carbocycles. The summed E-state index contributed by atoms with van der Waals surface area (Å²) in [5.74, 6) is 0.304. The van der Waals surface area contributed by atoms with Crippen LogP contribution in [0.15, 0.2) is 24.3 Å². The molecule has 212 valence electrons. The van der Waals surface area contributed by atoms with E-state index >= 15 is 0 Å². The summed E-state index contributed by atoms with van der Waals surface area (Å²) in [5, 5.41) is 0.202. The van der Waals surface area contributed by atoms with Gasteiger partial charge in [0.25, 0.3) is 0 Å². The molecule has 4 nitrogen and oxygen atoms in total. The number of carbonyl (C=O) groups excluding carboxylic acids is 1. The number of rotatable bonds is 22. The second-order valence-electron chi connectivity index (χ2n) is 12.1. The summed E-state index contributed by atoms with van der Waals surface area (Å²) in [5.41, 5.74) is 0. The number of hydrogen-bond donors (Lipinski definition) is 0.